The van der Waals surface area contributed by atoms with Crippen LogP contribution in [0.4, 0.5) is 0 Å². The number of hydrogen-bond acceptors (Lipinski definition) is 3. The standard InChI is InChI=1S/C12H24N2O3S/c1-4-13(5-2)18(16,17)14-9-7-6-8-12(14)10-11(3)15/h12H,4-10H2,1-3H3. The molecule has 0 aromatic carbocycles. The smallest absolute Gasteiger partial charge is 0.282 e. The quantitative estimate of drug-likeness (QED) is 0.737. The van der Waals surface area contributed by atoms with E-state index in [1.54, 1.807) is 0 Å². The van der Waals surface area contributed by atoms with Gasteiger partial charge in [-0.05, 0) is 19.8 Å². The molecule has 6 heteroatoms. The lowest BCUT2D eigenvalue weighted by Gasteiger charge is -2.37. The fourth-order valence-electron chi connectivity index (χ4n) is 2.51. The molecular weight excluding hydrogens is 252 g/mol. The number of Topliss-reactive ketones (excluding diaryl/α,β-unsaturated/α-hetero) is 1. The lowest BCUT2D eigenvalue weighted by Crippen LogP contribution is -2.51. The van der Waals surface area contributed by atoms with Gasteiger partial charge in [-0.3, -0.25) is 4.79 Å². The van der Waals surface area contributed by atoms with E-state index >= 15 is 0 Å². The number of rotatable bonds is 6. The van der Waals surface area contributed by atoms with Crippen LogP contribution in [0.3, 0.4) is 0 Å². The van der Waals surface area contributed by atoms with Gasteiger partial charge in [0, 0.05) is 32.1 Å². The average Bonchev–Trinajstić information content (AvgIpc) is 2.30. The zero-order valence-electron chi connectivity index (χ0n) is 11.6. The zero-order valence-corrected chi connectivity index (χ0v) is 12.4. The minimum absolute atomic E-state index is 0.0571. The van der Waals surface area contributed by atoms with Gasteiger partial charge in [-0.2, -0.15) is 17.0 Å². The van der Waals surface area contributed by atoms with Crippen LogP contribution in [-0.2, 0) is 15.0 Å². The van der Waals surface area contributed by atoms with E-state index in [1.807, 2.05) is 13.8 Å². The first-order valence-electron chi connectivity index (χ1n) is 6.69. The van der Waals surface area contributed by atoms with Crippen molar-refractivity contribution in [1.82, 2.24) is 8.61 Å². The fourth-order valence-corrected chi connectivity index (χ4v) is 4.38. The summed E-state index contributed by atoms with van der Waals surface area (Å²) in [5.74, 6) is 0.0571. The Morgan fingerprint density at radius 2 is 1.89 bits per heavy atom. The van der Waals surface area contributed by atoms with Gasteiger partial charge in [0.1, 0.15) is 5.78 Å². The summed E-state index contributed by atoms with van der Waals surface area (Å²) in [4.78, 5) is 11.3. The first kappa shape index (κ1) is 15.6. The monoisotopic (exact) mass is 276 g/mol. The number of piperidine rings is 1. The molecule has 106 valence electrons. The van der Waals surface area contributed by atoms with Crippen LogP contribution in [0.1, 0.15) is 46.5 Å². The van der Waals surface area contributed by atoms with Crippen molar-refractivity contribution in [3.05, 3.63) is 0 Å². The van der Waals surface area contributed by atoms with Crippen molar-refractivity contribution in [2.75, 3.05) is 19.6 Å². The van der Waals surface area contributed by atoms with Gasteiger partial charge in [-0.15, -0.1) is 0 Å². The van der Waals surface area contributed by atoms with Crippen LogP contribution in [0.2, 0.25) is 0 Å². The molecule has 0 spiro atoms. The second-order valence-electron chi connectivity index (χ2n) is 4.76. The Balaban J connectivity index is 2.91. The molecule has 1 unspecified atom stereocenters. The molecule has 0 bridgehead atoms. The molecule has 5 nitrogen and oxygen atoms in total. The highest BCUT2D eigenvalue weighted by Crippen LogP contribution is 2.24. The van der Waals surface area contributed by atoms with Crippen LogP contribution in [0.15, 0.2) is 0 Å². The van der Waals surface area contributed by atoms with Crippen molar-refractivity contribution >= 4 is 16.0 Å². The third kappa shape index (κ3) is 3.52. The van der Waals surface area contributed by atoms with Crippen molar-refractivity contribution in [1.29, 1.82) is 0 Å². The predicted octanol–water partition coefficient (Wildman–Crippen LogP) is 1.41. The molecule has 1 aliphatic heterocycles. The summed E-state index contributed by atoms with van der Waals surface area (Å²) in [5, 5.41) is 0. The molecule has 0 aromatic heterocycles. The van der Waals surface area contributed by atoms with Crippen LogP contribution in [-0.4, -0.2) is 48.5 Å². The lowest BCUT2D eigenvalue weighted by atomic mass is 10.0. The first-order valence-corrected chi connectivity index (χ1v) is 8.09. The van der Waals surface area contributed by atoms with Crippen LogP contribution in [0.5, 0.6) is 0 Å². The normalized spacial score (nSPS) is 22.3. The molecular formula is C12H24N2O3S. The molecule has 0 aliphatic carbocycles. The molecule has 18 heavy (non-hydrogen) atoms. The van der Waals surface area contributed by atoms with Crippen LogP contribution < -0.4 is 0 Å². The first-order chi connectivity index (χ1) is 8.43. The third-order valence-electron chi connectivity index (χ3n) is 3.42. The van der Waals surface area contributed by atoms with E-state index in [0.29, 0.717) is 26.1 Å². The summed E-state index contributed by atoms with van der Waals surface area (Å²) in [6.45, 7) is 6.69. The van der Waals surface area contributed by atoms with Crippen LogP contribution in [0, 0.1) is 0 Å². The van der Waals surface area contributed by atoms with E-state index in [-0.39, 0.29) is 11.8 Å². The van der Waals surface area contributed by atoms with E-state index < -0.39 is 10.2 Å². The predicted molar refractivity (Wildman–Crippen MR) is 71.5 cm³/mol. The van der Waals surface area contributed by atoms with E-state index in [9.17, 15) is 13.2 Å². The summed E-state index contributed by atoms with van der Waals surface area (Å²) >= 11 is 0. The van der Waals surface area contributed by atoms with Gasteiger partial charge >= 0.3 is 0 Å². The van der Waals surface area contributed by atoms with Crippen molar-refractivity contribution in [2.45, 2.75) is 52.5 Å². The Bertz CT molecular complexity index is 377. The van der Waals surface area contributed by atoms with Gasteiger partial charge in [-0.1, -0.05) is 20.3 Å². The maximum Gasteiger partial charge on any atom is 0.282 e. The van der Waals surface area contributed by atoms with Gasteiger partial charge in [-0.25, -0.2) is 0 Å². The molecule has 1 fully saturated rings. The van der Waals surface area contributed by atoms with Gasteiger partial charge in [0.2, 0.25) is 0 Å². The van der Waals surface area contributed by atoms with E-state index in [1.165, 1.54) is 15.5 Å². The molecule has 1 atom stereocenters. The van der Waals surface area contributed by atoms with Crippen LogP contribution in [0.25, 0.3) is 0 Å². The summed E-state index contributed by atoms with van der Waals surface area (Å²) in [7, 11) is -3.40. The topological polar surface area (TPSA) is 57.7 Å². The Morgan fingerprint density at radius 1 is 1.28 bits per heavy atom. The largest absolute Gasteiger partial charge is 0.300 e. The van der Waals surface area contributed by atoms with Gasteiger partial charge in [0.05, 0.1) is 0 Å². The Labute approximate surface area is 110 Å². The van der Waals surface area contributed by atoms with Gasteiger partial charge < -0.3 is 0 Å². The highest BCUT2D eigenvalue weighted by molar-refractivity contribution is 7.86. The molecule has 0 aromatic rings. The molecule has 0 N–H and O–H groups in total. The number of carbonyl (C=O) groups excluding carboxylic acids is 1. The lowest BCUT2D eigenvalue weighted by molar-refractivity contribution is -0.118. The number of ketones is 1. The minimum Gasteiger partial charge on any atom is -0.300 e. The molecule has 1 saturated heterocycles. The second kappa shape index (κ2) is 6.63. The Morgan fingerprint density at radius 3 is 2.39 bits per heavy atom. The van der Waals surface area contributed by atoms with Crippen LogP contribution >= 0.6 is 0 Å². The second-order valence-corrected chi connectivity index (χ2v) is 6.64. The van der Waals surface area contributed by atoms with E-state index in [4.69, 9.17) is 0 Å². The minimum atomic E-state index is -3.40. The van der Waals surface area contributed by atoms with Gasteiger partial charge in [0.25, 0.3) is 10.2 Å². The summed E-state index contributed by atoms with van der Waals surface area (Å²) in [6, 6.07) is -0.151. The van der Waals surface area contributed by atoms with Crippen molar-refractivity contribution in [3.63, 3.8) is 0 Å². The highest BCUT2D eigenvalue weighted by Gasteiger charge is 2.35. The molecule has 0 radical (unpaired) electrons. The van der Waals surface area contributed by atoms with E-state index in [2.05, 4.69) is 0 Å². The summed E-state index contributed by atoms with van der Waals surface area (Å²) in [6.07, 6.45) is 3.01. The molecule has 1 heterocycles. The SMILES string of the molecule is CCN(CC)S(=O)(=O)N1CCCCC1CC(C)=O. The van der Waals surface area contributed by atoms with E-state index in [0.717, 1.165) is 19.3 Å². The Kier molecular flexibility index (Phi) is 5.75. The average molecular weight is 276 g/mol. The summed E-state index contributed by atoms with van der Waals surface area (Å²) < 4.78 is 28.0. The van der Waals surface area contributed by atoms with Crippen molar-refractivity contribution in [3.8, 4) is 0 Å². The van der Waals surface area contributed by atoms with Gasteiger partial charge in [0.15, 0.2) is 0 Å². The fraction of sp³-hybridized carbons (Fsp3) is 0.917. The maximum atomic E-state index is 12.5. The number of nitrogens with zero attached hydrogens (tertiary/aromatic N) is 2. The van der Waals surface area contributed by atoms with Crippen molar-refractivity contribution in [2.24, 2.45) is 0 Å². The molecule has 1 aliphatic rings. The molecule has 1 rings (SSSR count). The van der Waals surface area contributed by atoms with Crippen molar-refractivity contribution < 1.29 is 13.2 Å². The molecule has 0 amide bonds. The third-order valence-corrected chi connectivity index (χ3v) is 5.67. The summed E-state index contributed by atoms with van der Waals surface area (Å²) in [5.41, 5.74) is 0. The Hall–Kier alpha value is -0.460. The molecule has 0 saturated carbocycles. The number of carbonyl (C=O) groups is 1. The number of hydrogen-bond donors (Lipinski definition) is 0. The highest BCUT2D eigenvalue weighted by atomic mass is 32.2. The maximum absolute atomic E-state index is 12.5. The zero-order chi connectivity index (χ0) is 13.8.